The molecule has 0 aliphatic carbocycles. The maximum absolute atomic E-state index is 12.5. The number of rotatable bonds is 8. The zero-order valence-corrected chi connectivity index (χ0v) is 19.5. The number of piperazine rings is 1. The molecule has 0 radical (unpaired) electrons. The van der Waals surface area contributed by atoms with Crippen LogP contribution in [0.2, 0.25) is 0 Å². The van der Waals surface area contributed by atoms with Crippen molar-refractivity contribution in [2.24, 2.45) is 0 Å². The SMILES string of the molecule is CC[C@@H]1CN(c2nc(Nc3ccc(C)cn3)c3c(n2)c(C)nn3CCOCC(F)(F)F)CCN1. The van der Waals surface area contributed by atoms with Crippen LogP contribution in [0, 0.1) is 13.8 Å². The van der Waals surface area contributed by atoms with E-state index in [1.165, 1.54) is 0 Å². The number of hydrogen-bond donors (Lipinski definition) is 2. The Morgan fingerprint density at radius 1 is 1.24 bits per heavy atom. The molecule has 184 valence electrons. The third-order valence-electron chi connectivity index (χ3n) is 5.65. The highest BCUT2D eigenvalue weighted by Gasteiger charge is 2.28. The van der Waals surface area contributed by atoms with Gasteiger partial charge in [-0.3, -0.25) is 4.68 Å². The van der Waals surface area contributed by atoms with Crippen molar-refractivity contribution in [1.82, 2.24) is 30.0 Å². The van der Waals surface area contributed by atoms with E-state index < -0.39 is 12.8 Å². The average Bonchev–Trinajstić information content (AvgIpc) is 3.13. The molecular formula is C22H29F3N8O. The maximum Gasteiger partial charge on any atom is 0.411 e. The summed E-state index contributed by atoms with van der Waals surface area (Å²) in [6.45, 7) is 6.98. The first-order valence-electron chi connectivity index (χ1n) is 11.3. The third-order valence-corrected chi connectivity index (χ3v) is 5.65. The topological polar surface area (TPSA) is 93.0 Å². The summed E-state index contributed by atoms with van der Waals surface area (Å²) in [7, 11) is 0. The van der Waals surface area contributed by atoms with E-state index in [2.05, 4.69) is 32.5 Å². The van der Waals surface area contributed by atoms with Crippen LogP contribution in [0.4, 0.5) is 30.8 Å². The van der Waals surface area contributed by atoms with Gasteiger partial charge in [-0.1, -0.05) is 13.0 Å². The number of aromatic nitrogens is 5. The molecule has 3 aromatic heterocycles. The lowest BCUT2D eigenvalue weighted by Crippen LogP contribution is -2.51. The van der Waals surface area contributed by atoms with Gasteiger partial charge < -0.3 is 20.3 Å². The molecule has 1 aliphatic rings. The van der Waals surface area contributed by atoms with Crippen LogP contribution in [-0.2, 0) is 11.3 Å². The Hall–Kier alpha value is -2.99. The standard InChI is InChI=1S/C22H29F3N8O/c1-4-16-12-32(8-7-26-16)21-29-18-15(3)31-33(9-10-34-13-22(23,24)25)19(18)20(30-21)28-17-6-5-14(2)11-27-17/h5-6,11,16,26H,4,7-10,12-13H2,1-3H3,(H,27,28,29,30)/t16-/m1/s1. The molecule has 4 heterocycles. The van der Waals surface area contributed by atoms with Crippen LogP contribution in [-0.4, -0.2) is 69.8 Å². The van der Waals surface area contributed by atoms with Gasteiger partial charge in [0.15, 0.2) is 5.82 Å². The predicted molar refractivity (Wildman–Crippen MR) is 123 cm³/mol. The lowest BCUT2D eigenvalue weighted by molar-refractivity contribution is -0.174. The number of ether oxygens (including phenoxy) is 1. The largest absolute Gasteiger partial charge is 0.411 e. The van der Waals surface area contributed by atoms with Gasteiger partial charge in [-0.2, -0.15) is 23.3 Å². The van der Waals surface area contributed by atoms with Crippen LogP contribution in [0.15, 0.2) is 18.3 Å². The molecule has 1 atom stereocenters. The van der Waals surface area contributed by atoms with Crippen molar-refractivity contribution >= 4 is 28.6 Å². The molecule has 1 fully saturated rings. The quantitative estimate of drug-likeness (QED) is 0.476. The van der Waals surface area contributed by atoms with Gasteiger partial charge in [0.2, 0.25) is 5.95 Å². The van der Waals surface area contributed by atoms with Crippen molar-refractivity contribution in [2.45, 2.75) is 46.0 Å². The molecule has 0 spiro atoms. The van der Waals surface area contributed by atoms with Crippen LogP contribution < -0.4 is 15.5 Å². The lowest BCUT2D eigenvalue weighted by atomic mass is 10.1. The van der Waals surface area contributed by atoms with Crippen molar-refractivity contribution in [1.29, 1.82) is 0 Å². The van der Waals surface area contributed by atoms with Gasteiger partial charge in [0.25, 0.3) is 0 Å². The molecule has 0 aromatic carbocycles. The Balaban J connectivity index is 1.69. The summed E-state index contributed by atoms with van der Waals surface area (Å²) in [5.41, 5.74) is 2.92. The number of nitrogens with zero attached hydrogens (tertiary/aromatic N) is 6. The molecule has 9 nitrogen and oxygen atoms in total. The molecule has 4 rings (SSSR count). The second-order valence-corrected chi connectivity index (χ2v) is 8.40. The molecule has 0 unspecified atom stereocenters. The van der Waals surface area contributed by atoms with Gasteiger partial charge >= 0.3 is 6.18 Å². The fraction of sp³-hybridized carbons (Fsp3) is 0.545. The number of pyridine rings is 1. The van der Waals surface area contributed by atoms with Crippen LogP contribution in [0.1, 0.15) is 24.6 Å². The Labute approximate surface area is 195 Å². The minimum atomic E-state index is -4.37. The van der Waals surface area contributed by atoms with Gasteiger partial charge in [-0.05, 0) is 31.9 Å². The minimum Gasteiger partial charge on any atom is -0.370 e. The highest BCUT2D eigenvalue weighted by Crippen LogP contribution is 2.29. The Morgan fingerprint density at radius 2 is 2.06 bits per heavy atom. The Bertz CT molecular complexity index is 1120. The summed E-state index contributed by atoms with van der Waals surface area (Å²) in [6.07, 6.45) is -1.63. The molecule has 0 bridgehead atoms. The van der Waals surface area contributed by atoms with Crippen molar-refractivity contribution in [2.75, 3.05) is 43.1 Å². The summed E-state index contributed by atoms with van der Waals surface area (Å²) in [5.74, 6) is 1.68. The lowest BCUT2D eigenvalue weighted by Gasteiger charge is -2.33. The zero-order chi connectivity index (χ0) is 24.3. The molecule has 2 N–H and O–H groups in total. The molecule has 12 heteroatoms. The first-order chi connectivity index (χ1) is 16.2. The first kappa shape index (κ1) is 24.1. The summed E-state index contributed by atoms with van der Waals surface area (Å²) in [5, 5.41) is 11.3. The van der Waals surface area contributed by atoms with E-state index in [0.29, 0.717) is 40.4 Å². The van der Waals surface area contributed by atoms with Crippen LogP contribution >= 0.6 is 0 Å². The van der Waals surface area contributed by atoms with Crippen LogP contribution in [0.25, 0.3) is 11.0 Å². The molecule has 1 aliphatic heterocycles. The highest BCUT2D eigenvalue weighted by molar-refractivity contribution is 5.90. The molecule has 0 saturated carbocycles. The van der Waals surface area contributed by atoms with Crippen LogP contribution in [0.3, 0.4) is 0 Å². The van der Waals surface area contributed by atoms with E-state index in [0.717, 1.165) is 31.6 Å². The summed E-state index contributed by atoms with van der Waals surface area (Å²) in [4.78, 5) is 16.2. The van der Waals surface area contributed by atoms with Gasteiger partial charge in [-0.15, -0.1) is 0 Å². The van der Waals surface area contributed by atoms with Crippen molar-refractivity contribution < 1.29 is 17.9 Å². The third kappa shape index (κ3) is 5.73. The smallest absolute Gasteiger partial charge is 0.370 e. The van der Waals surface area contributed by atoms with Gasteiger partial charge in [0.05, 0.1) is 18.8 Å². The first-order valence-corrected chi connectivity index (χ1v) is 11.3. The van der Waals surface area contributed by atoms with Crippen LogP contribution in [0.5, 0.6) is 0 Å². The monoisotopic (exact) mass is 478 g/mol. The number of hydrogen-bond acceptors (Lipinski definition) is 8. The maximum atomic E-state index is 12.5. The van der Waals surface area contributed by atoms with E-state index >= 15 is 0 Å². The number of anilines is 3. The van der Waals surface area contributed by atoms with Gasteiger partial charge in [0, 0.05) is 31.9 Å². The fourth-order valence-corrected chi connectivity index (χ4v) is 3.89. The number of halogens is 3. The average molecular weight is 479 g/mol. The normalized spacial score (nSPS) is 16.9. The fourth-order valence-electron chi connectivity index (χ4n) is 3.89. The molecule has 0 amide bonds. The second-order valence-electron chi connectivity index (χ2n) is 8.40. The van der Waals surface area contributed by atoms with Gasteiger partial charge in [-0.25, -0.2) is 9.97 Å². The summed E-state index contributed by atoms with van der Waals surface area (Å²) in [6, 6.07) is 4.13. The number of fused-ring (bicyclic) bond motifs is 1. The molecule has 1 saturated heterocycles. The number of nitrogens with one attached hydrogen (secondary N) is 2. The van der Waals surface area contributed by atoms with E-state index in [9.17, 15) is 13.2 Å². The highest BCUT2D eigenvalue weighted by atomic mass is 19.4. The van der Waals surface area contributed by atoms with E-state index in [-0.39, 0.29) is 13.2 Å². The van der Waals surface area contributed by atoms with Crippen molar-refractivity contribution in [3.63, 3.8) is 0 Å². The van der Waals surface area contributed by atoms with E-state index in [1.807, 2.05) is 26.0 Å². The second kappa shape index (κ2) is 10.1. The molecular weight excluding hydrogens is 449 g/mol. The summed E-state index contributed by atoms with van der Waals surface area (Å²) < 4.78 is 43.8. The van der Waals surface area contributed by atoms with Gasteiger partial charge in [0.1, 0.15) is 23.5 Å². The Morgan fingerprint density at radius 3 is 2.76 bits per heavy atom. The van der Waals surface area contributed by atoms with Crippen molar-refractivity contribution in [3.8, 4) is 0 Å². The predicted octanol–water partition coefficient (Wildman–Crippen LogP) is 3.35. The van der Waals surface area contributed by atoms with E-state index in [4.69, 9.17) is 14.7 Å². The van der Waals surface area contributed by atoms with E-state index in [1.54, 1.807) is 10.9 Å². The number of aryl methyl sites for hydroxylation is 2. The Kier molecular flexibility index (Phi) is 7.17. The minimum absolute atomic E-state index is 0.130. The van der Waals surface area contributed by atoms with Crippen molar-refractivity contribution in [3.05, 3.63) is 29.6 Å². The zero-order valence-electron chi connectivity index (χ0n) is 19.5. The summed E-state index contributed by atoms with van der Waals surface area (Å²) >= 11 is 0. The molecule has 34 heavy (non-hydrogen) atoms. The number of alkyl halides is 3. The molecule has 3 aromatic rings.